The molecular weight excluding hydrogens is 456 g/mol. The highest BCUT2D eigenvalue weighted by molar-refractivity contribution is 6.51. The Labute approximate surface area is 200 Å². The van der Waals surface area contributed by atoms with E-state index in [1.165, 1.54) is 45.6 Å². The van der Waals surface area contributed by atoms with Gasteiger partial charge in [-0.1, -0.05) is 17.3 Å². The molecule has 1 amide bonds. The highest BCUT2D eigenvalue weighted by atomic mass is 16.5. The third-order valence-corrected chi connectivity index (χ3v) is 5.61. The highest BCUT2D eigenvalue weighted by Crippen LogP contribution is 2.42. The quantitative estimate of drug-likeness (QED) is 0.245. The number of aromatic nitrogens is 1. The molecule has 0 spiro atoms. The number of aliphatic hydroxyl groups is 1. The number of Topliss-reactive ketones (excluding diaryl/α,β-unsaturated/α-hetero) is 1. The Bertz CT molecular complexity index is 1340. The van der Waals surface area contributed by atoms with E-state index < -0.39 is 29.5 Å². The van der Waals surface area contributed by atoms with Crippen LogP contribution in [0.25, 0.3) is 5.76 Å². The van der Waals surface area contributed by atoms with Crippen LogP contribution in [0, 0.1) is 6.92 Å². The number of ketones is 1. The number of ether oxygens (including phenoxy) is 3. The first-order valence-corrected chi connectivity index (χ1v) is 10.5. The minimum absolute atomic E-state index is 0.109. The van der Waals surface area contributed by atoms with Gasteiger partial charge >= 0.3 is 11.9 Å². The predicted molar refractivity (Wildman–Crippen MR) is 123 cm³/mol. The van der Waals surface area contributed by atoms with Crippen molar-refractivity contribution in [2.75, 3.05) is 26.2 Å². The molecule has 4 rings (SSSR count). The second-order valence-electron chi connectivity index (χ2n) is 7.65. The van der Waals surface area contributed by atoms with Crippen LogP contribution in [0.5, 0.6) is 11.5 Å². The molecular formula is C25H22N2O8. The topological polar surface area (TPSA) is 128 Å². The molecule has 1 saturated heterocycles. The molecule has 0 radical (unpaired) electrons. The van der Waals surface area contributed by atoms with Crippen molar-refractivity contribution in [1.82, 2.24) is 5.16 Å². The molecule has 0 bridgehead atoms. The van der Waals surface area contributed by atoms with Crippen molar-refractivity contribution < 1.29 is 38.2 Å². The zero-order valence-electron chi connectivity index (χ0n) is 19.4. The lowest BCUT2D eigenvalue weighted by Crippen LogP contribution is -2.29. The summed E-state index contributed by atoms with van der Waals surface area (Å²) in [7, 11) is 4.18. The van der Waals surface area contributed by atoms with Crippen LogP contribution in [0.15, 0.2) is 58.6 Å². The fraction of sp³-hybridized carbons (Fsp3) is 0.200. The molecule has 1 aliphatic rings. The molecule has 1 atom stereocenters. The van der Waals surface area contributed by atoms with Gasteiger partial charge in [0.15, 0.2) is 17.3 Å². The first-order chi connectivity index (χ1) is 16.8. The number of amides is 1. The first kappa shape index (κ1) is 23.6. The predicted octanol–water partition coefficient (Wildman–Crippen LogP) is 3.41. The maximum Gasteiger partial charge on any atom is 0.337 e. The number of methoxy groups -OCH3 is 3. The van der Waals surface area contributed by atoms with Crippen LogP contribution < -0.4 is 14.4 Å². The average Bonchev–Trinajstić information content (AvgIpc) is 3.42. The number of anilines is 1. The largest absolute Gasteiger partial charge is 0.507 e. The summed E-state index contributed by atoms with van der Waals surface area (Å²) in [4.78, 5) is 39.3. The Morgan fingerprint density at radius 3 is 2.20 bits per heavy atom. The first-order valence-electron chi connectivity index (χ1n) is 10.5. The molecule has 180 valence electrons. The van der Waals surface area contributed by atoms with Crippen LogP contribution in [-0.4, -0.2) is 49.3 Å². The Morgan fingerprint density at radius 2 is 1.63 bits per heavy atom. The Morgan fingerprint density at radius 1 is 0.971 bits per heavy atom. The van der Waals surface area contributed by atoms with E-state index in [1.54, 1.807) is 31.2 Å². The number of aryl methyl sites for hydroxylation is 1. The van der Waals surface area contributed by atoms with E-state index in [4.69, 9.17) is 18.7 Å². The van der Waals surface area contributed by atoms with E-state index in [0.29, 0.717) is 22.8 Å². The number of hydrogen-bond acceptors (Lipinski definition) is 9. The monoisotopic (exact) mass is 478 g/mol. The van der Waals surface area contributed by atoms with Gasteiger partial charge in [-0.3, -0.25) is 14.5 Å². The molecule has 1 aliphatic heterocycles. The van der Waals surface area contributed by atoms with E-state index in [9.17, 15) is 19.5 Å². The van der Waals surface area contributed by atoms with Crippen molar-refractivity contribution in [2.45, 2.75) is 13.0 Å². The van der Waals surface area contributed by atoms with E-state index in [1.807, 2.05) is 0 Å². The molecule has 10 nitrogen and oxygen atoms in total. The standard InChI is InChI=1S/C25H22N2O8/c1-13-11-19(26-35-13)27-21(14-5-7-15(8-6-14)25(31)34-4)20(23(29)24(27)30)22(28)16-9-10-17(32-2)18(12-16)33-3/h5-12,21,28H,1-4H3/b22-20+/t21-/m0/s1. The third-order valence-electron chi connectivity index (χ3n) is 5.61. The molecule has 2 aromatic carbocycles. The minimum Gasteiger partial charge on any atom is -0.507 e. The van der Waals surface area contributed by atoms with Crippen molar-refractivity contribution >= 4 is 29.2 Å². The number of aliphatic hydroxyl groups excluding tert-OH is 1. The number of carbonyl (C=O) groups is 3. The van der Waals surface area contributed by atoms with Gasteiger partial charge in [0.2, 0.25) is 0 Å². The maximum absolute atomic E-state index is 13.2. The summed E-state index contributed by atoms with van der Waals surface area (Å²) in [5.74, 6) is -1.44. The molecule has 0 saturated carbocycles. The Hall–Kier alpha value is -4.60. The molecule has 3 aromatic rings. The fourth-order valence-corrected chi connectivity index (χ4v) is 3.91. The van der Waals surface area contributed by atoms with Gasteiger partial charge < -0.3 is 23.8 Å². The van der Waals surface area contributed by atoms with Crippen LogP contribution in [-0.2, 0) is 14.3 Å². The van der Waals surface area contributed by atoms with Gasteiger partial charge in [-0.25, -0.2) is 4.79 Å². The van der Waals surface area contributed by atoms with Crippen LogP contribution in [0.3, 0.4) is 0 Å². The number of carbonyl (C=O) groups excluding carboxylic acids is 3. The van der Waals surface area contributed by atoms with Crippen LogP contribution in [0.2, 0.25) is 0 Å². The van der Waals surface area contributed by atoms with Gasteiger partial charge in [-0.2, -0.15) is 0 Å². The van der Waals surface area contributed by atoms with Crippen molar-refractivity contribution in [3.05, 3.63) is 76.6 Å². The number of esters is 1. The fourth-order valence-electron chi connectivity index (χ4n) is 3.91. The zero-order valence-corrected chi connectivity index (χ0v) is 19.4. The summed E-state index contributed by atoms with van der Waals surface area (Å²) in [5, 5.41) is 15.1. The number of benzene rings is 2. The summed E-state index contributed by atoms with van der Waals surface area (Å²) in [5.41, 5.74) is 0.826. The van der Waals surface area contributed by atoms with E-state index >= 15 is 0 Å². The number of rotatable bonds is 6. The molecule has 1 N–H and O–H groups in total. The Balaban J connectivity index is 1.91. The lowest BCUT2D eigenvalue weighted by Gasteiger charge is -2.23. The van der Waals surface area contributed by atoms with Gasteiger partial charge in [0, 0.05) is 11.6 Å². The van der Waals surface area contributed by atoms with E-state index in [0.717, 1.165) is 4.90 Å². The molecule has 0 aliphatic carbocycles. The van der Waals surface area contributed by atoms with Crippen LogP contribution >= 0.6 is 0 Å². The zero-order chi connectivity index (χ0) is 25.3. The number of nitrogens with zero attached hydrogens (tertiary/aromatic N) is 2. The molecule has 0 unspecified atom stereocenters. The van der Waals surface area contributed by atoms with Crippen molar-refractivity contribution in [3.63, 3.8) is 0 Å². The lowest BCUT2D eigenvalue weighted by atomic mass is 9.94. The summed E-state index contributed by atoms with van der Waals surface area (Å²) >= 11 is 0. The molecule has 1 fully saturated rings. The van der Waals surface area contributed by atoms with Crippen molar-refractivity contribution in [3.8, 4) is 11.5 Å². The number of hydrogen-bond donors (Lipinski definition) is 1. The second kappa shape index (κ2) is 9.34. The molecule has 10 heteroatoms. The van der Waals surface area contributed by atoms with E-state index in [2.05, 4.69) is 5.16 Å². The maximum atomic E-state index is 13.2. The SMILES string of the molecule is COC(=O)c1ccc([C@H]2/C(=C(\O)c3ccc(OC)c(OC)c3)C(=O)C(=O)N2c2cc(C)on2)cc1. The normalized spacial score (nSPS) is 16.9. The lowest BCUT2D eigenvalue weighted by molar-refractivity contribution is -0.132. The van der Waals surface area contributed by atoms with Crippen molar-refractivity contribution in [1.29, 1.82) is 0 Å². The van der Waals surface area contributed by atoms with E-state index in [-0.39, 0.29) is 22.5 Å². The van der Waals surface area contributed by atoms with Crippen LogP contribution in [0.1, 0.15) is 33.3 Å². The van der Waals surface area contributed by atoms with Gasteiger partial charge in [0.1, 0.15) is 11.5 Å². The van der Waals surface area contributed by atoms with Gasteiger partial charge in [-0.05, 0) is 42.8 Å². The highest BCUT2D eigenvalue weighted by Gasteiger charge is 2.48. The third kappa shape index (κ3) is 4.10. The molecule has 2 heterocycles. The Kier molecular flexibility index (Phi) is 6.28. The summed E-state index contributed by atoms with van der Waals surface area (Å²) < 4.78 is 20.4. The summed E-state index contributed by atoms with van der Waals surface area (Å²) in [6, 6.07) is 11.2. The van der Waals surface area contributed by atoms with Gasteiger partial charge in [0.25, 0.3) is 5.78 Å². The van der Waals surface area contributed by atoms with Gasteiger partial charge in [0.05, 0.1) is 38.5 Å². The second-order valence-corrected chi connectivity index (χ2v) is 7.65. The smallest absolute Gasteiger partial charge is 0.337 e. The minimum atomic E-state index is -1.04. The summed E-state index contributed by atoms with van der Waals surface area (Å²) in [6.07, 6.45) is 0. The van der Waals surface area contributed by atoms with Crippen LogP contribution in [0.4, 0.5) is 5.82 Å². The average molecular weight is 478 g/mol. The molecule has 1 aromatic heterocycles. The van der Waals surface area contributed by atoms with Gasteiger partial charge in [-0.15, -0.1) is 0 Å². The summed E-state index contributed by atoms with van der Waals surface area (Å²) in [6.45, 7) is 1.65. The molecule has 35 heavy (non-hydrogen) atoms. The van der Waals surface area contributed by atoms with Crippen molar-refractivity contribution in [2.24, 2.45) is 0 Å².